The standard InChI is InChI=1S/C20H30N2O6/c1-7-15(24)21-14-10-12(23)8-9-13(14)16(11(2)3)17(18(25)26)22-19(27)28-20(4,5)6/h8-11,16-17,23H,7H2,1-6H3,(H,21,24)(H,22,27)(H,25,26)/t16?,17-/m1/s1. The Morgan fingerprint density at radius 2 is 1.79 bits per heavy atom. The molecule has 156 valence electrons. The van der Waals surface area contributed by atoms with Crippen LogP contribution in [-0.4, -0.2) is 39.8 Å². The van der Waals surface area contributed by atoms with Crippen molar-refractivity contribution in [2.75, 3.05) is 5.32 Å². The summed E-state index contributed by atoms with van der Waals surface area (Å²) in [6.45, 7) is 10.4. The monoisotopic (exact) mass is 394 g/mol. The summed E-state index contributed by atoms with van der Waals surface area (Å²) in [7, 11) is 0. The molecule has 1 aromatic carbocycles. The van der Waals surface area contributed by atoms with E-state index < -0.39 is 29.6 Å². The van der Waals surface area contributed by atoms with Crippen LogP contribution in [0.1, 0.15) is 59.4 Å². The number of phenols is 1. The molecule has 0 aliphatic carbocycles. The molecule has 0 aliphatic heterocycles. The van der Waals surface area contributed by atoms with Crippen molar-refractivity contribution in [2.24, 2.45) is 5.92 Å². The molecule has 1 unspecified atom stereocenters. The highest BCUT2D eigenvalue weighted by Crippen LogP contribution is 2.35. The Kier molecular flexibility index (Phi) is 7.84. The summed E-state index contributed by atoms with van der Waals surface area (Å²) < 4.78 is 5.19. The highest BCUT2D eigenvalue weighted by molar-refractivity contribution is 5.92. The number of amides is 2. The van der Waals surface area contributed by atoms with Crippen molar-refractivity contribution in [3.8, 4) is 5.75 Å². The molecule has 2 amide bonds. The Balaban J connectivity index is 3.34. The molecule has 0 aromatic heterocycles. The van der Waals surface area contributed by atoms with Gasteiger partial charge in [0.05, 0.1) is 0 Å². The van der Waals surface area contributed by atoms with Crippen LogP contribution in [0, 0.1) is 5.92 Å². The zero-order valence-electron chi connectivity index (χ0n) is 17.2. The van der Waals surface area contributed by atoms with Crippen LogP contribution in [0.5, 0.6) is 5.75 Å². The molecule has 0 saturated carbocycles. The van der Waals surface area contributed by atoms with Gasteiger partial charge in [0.2, 0.25) is 5.91 Å². The number of anilines is 1. The van der Waals surface area contributed by atoms with Gasteiger partial charge in [-0.25, -0.2) is 9.59 Å². The maximum atomic E-state index is 12.2. The molecule has 0 spiro atoms. The van der Waals surface area contributed by atoms with E-state index in [1.165, 1.54) is 12.1 Å². The number of hydrogen-bond donors (Lipinski definition) is 4. The van der Waals surface area contributed by atoms with Crippen LogP contribution in [-0.2, 0) is 14.3 Å². The van der Waals surface area contributed by atoms with E-state index in [0.717, 1.165) is 0 Å². The molecule has 1 aromatic rings. The van der Waals surface area contributed by atoms with E-state index >= 15 is 0 Å². The van der Waals surface area contributed by atoms with Crippen molar-refractivity contribution in [3.05, 3.63) is 23.8 Å². The number of nitrogens with one attached hydrogen (secondary N) is 2. The summed E-state index contributed by atoms with van der Waals surface area (Å²) in [5, 5.41) is 24.7. The third kappa shape index (κ3) is 6.75. The SMILES string of the molecule is CCC(=O)Nc1cc(O)ccc1C(C(C)C)[C@@H](NC(=O)OC(C)(C)C)C(=O)O. The summed E-state index contributed by atoms with van der Waals surface area (Å²) in [5.74, 6) is -2.47. The number of carbonyl (C=O) groups is 3. The van der Waals surface area contributed by atoms with E-state index in [4.69, 9.17) is 4.74 Å². The Morgan fingerprint density at radius 3 is 2.25 bits per heavy atom. The third-order valence-corrected chi connectivity index (χ3v) is 4.01. The van der Waals surface area contributed by atoms with Crippen LogP contribution in [0.15, 0.2) is 18.2 Å². The number of hydrogen-bond acceptors (Lipinski definition) is 5. The lowest BCUT2D eigenvalue weighted by Crippen LogP contribution is -2.48. The summed E-state index contributed by atoms with van der Waals surface area (Å²) >= 11 is 0. The first-order valence-corrected chi connectivity index (χ1v) is 9.20. The Hall–Kier alpha value is -2.77. The molecule has 8 nitrogen and oxygen atoms in total. The molecular weight excluding hydrogens is 364 g/mol. The fourth-order valence-electron chi connectivity index (χ4n) is 2.85. The average molecular weight is 394 g/mol. The smallest absolute Gasteiger partial charge is 0.408 e. The predicted molar refractivity (Wildman–Crippen MR) is 105 cm³/mol. The molecule has 2 atom stereocenters. The second-order valence-corrected chi connectivity index (χ2v) is 7.91. The maximum absolute atomic E-state index is 12.2. The van der Waals surface area contributed by atoms with Gasteiger partial charge in [-0.1, -0.05) is 26.8 Å². The predicted octanol–water partition coefficient (Wildman–Crippen LogP) is 3.46. The number of rotatable bonds is 7. The fourth-order valence-corrected chi connectivity index (χ4v) is 2.85. The van der Waals surface area contributed by atoms with Crippen molar-refractivity contribution in [1.82, 2.24) is 5.32 Å². The summed E-state index contributed by atoms with van der Waals surface area (Å²) in [5.41, 5.74) is 0.0278. The van der Waals surface area contributed by atoms with Gasteiger partial charge in [-0.3, -0.25) is 4.79 Å². The van der Waals surface area contributed by atoms with E-state index in [2.05, 4.69) is 10.6 Å². The average Bonchev–Trinajstić information content (AvgIpc) is 2.53. The van der Waals surface area contributed by atoms with Crippen LogP contribution in [0.4, 0.5) is 10.5 Å². The molecule has 1 rings (SSSR count). The Morgan fingerprint density at radius 1 is 1.18 bits per heavy atom. The Labute approximate surface area is 165 Å². The van der Waals surface area contributed by atoms with Gasteiger partial charge in [-0.15, -0.1) is 0 Å². The van der Waals surface area contributed by atoms with Crippen LogP contribution >= 0.6 is 0 Å². The first-order chi connectivity index (χ1) is 12.9. The van der Waals surface area contributed by atoms with Crippen molar-refractivity contribution < 1.29 is 29.3 Å². The molecule has 28 heavy (non-hydrogen) atoms. The van der Waals surface area contributed by atoms with Gasteiger partial charge in [0.1, 0.15) is 17.4 Å². The summed E-state index contributed by atoms with van der Waals surface area (Å²) in [6.07, 6.45) is -0.622. The van der Waals surface area contributed by atoms with Gasteiger partial charge in [0, 0.05) is 24.1 Å². The molecule has 0 fully saturated rings. The third-order valence-electron chi connectivity index (χ3n) is 4.01. The van der Waals surface area contributed by atoms with Crippen LogP contribution in [0.2, 0.25) is 0 Å². The van der Waals surface area contributed by atoms with Crippen molar-refractivity contribution in [1.29, 1.82) is 0 Å². The van der Waals surface area contributed by atoms with E-state index in [-0.39, 0.29) is 24.0 Å². The molecule has 0 aliphatic rings. The molecule has 0 bridgehead atoms. The summed E-state index contributed by atoms with van der Waals surface area (Å²) in [4.78, 5) is 36.0. The number of ether oxygens (including phenoxy) is 1. The van der Waals surface area contributed by atoms with E-state index in [1.807, 2.05) is 13.8 Å². The van der Waals surface area contributed by atoms with Gasteiger partial charge < -0.3 is 25.6 Å². The fraction of sp³-hybridized carbons (Fsp3) is 0.550. The van der Waals surface area contributed by atoms with Crippen molar-refractivity contribution in [3.63, 3.8) is 0 Å². The first kappa shape index (κ1) is 23.3. The number of carboxylic acids is 1. The number of aliphatic carboxylic acids is 1. The molecule has 0 saturated heterocycles. The number of aromatic hydroxyl groups is 1. The molecule has 4 N–H and O–H groups in total. The molecular formula is C20H30N2O6. The first-order valence-electron chi connectivity index (χ1n) is 9.20. The second-order valence-electron chi connectivity index (χ2n) is 7.91. The highest BCUT2D eigenvalue weighted by atomic mass is 16.6. The van der Waals surface area contributed by atoms with Crippen LogP contribution < -0.4 is 10.6 Å². The van der Waals surface area contributed by atoms with Gasteiger partial charge in [0.15, 0.2) is 0 Å². The minimum absolute atomic E-state index is 0.0652. The van der Waals surface area contributed by atoms with Crippen LogP contribution in [0.3, 0.4) is 0 Å². The lowest BCUT2D eigenvalue weighted by molar-refractivity contribution is -0.140. The quantitative estimate of drug-likeness (QED) is 0.561. The van der Waals surface area contributed by atoms with E-state index in [9.17, 15) is 24.6 Å². The topological polar surface area (TPSA) is 125 Å². The zero-order valence-corrected chi connectivity index (χ0v) is 17.2. The van der Waals surface area contributed by atoms with Gasteiger partial charge in [-0.2, -0.15) is 0 Å². The number of alkyl carbamates (subject to hydrolysis) is 1. The number of phenolic OH excluding ortho intramolecular Hbond substituents is 1. The normalized spacial score (nSPS) is 13.5. The maximum Gasteiger partial charge on any atom is 0.408 e. The van der Waals surface area contributed by atoms with Gasteiger partial charge in [0.25, 0.3) is 0 Å². The highest BCUT2D eigenvalue weighted by Gasteiger charge is 2.36. The van der Waals surface area contributed by atoms with Crippen molar-refractivity contribution >= 4 is 23.7 Å². The lowest BCUT2D eigenvalue weighted by Gasteiger charge is -2.31. The number of carboxylic acid groups (broad SMARTS) is 1. The minimum atomic E-state index is -1.29. The van der Waals surface area contributed by atoms with Crippen molar-refractivity contribution in [2.45, 2.75) is 65.5 Å². The second kappa shape index (κ2) is 9.43. The summed E-state index contributed by atoms with van der Waals surface area (Å²) in [6, 6.07) is 3.04. The van der Waals surface area contributed by atoms with Gasteiger partial charge >= 0.3 is 12.1 Å². The minimum Gasteiger partial charge on any atom is -0.508 e. The van der Waals surface area contributed by atoms with Gasteiger partial charge in [-0.05, 0) is 38.3 Å². The van der Waals surface area contributed by atoms with Crippen LogP contribution in [0.25, 0.3) is 0 Å². The lowest BCUT2D eigenvalue weighted by atomic mass is 9.81. The molecule has 0 heterocycles. The number of carbonyl (C=O) groups excluding carboxylic acids is 2. The molecule has 8 heteroatoms. The zero-order chi connectivity index (χ0) is 21.6. The molecule has 0 radical (unpaired) electrons. The van der Waals surface area contributed by atoms with E-state index in [0.29, 0.717) is 11.3 Å². The number of benzene rings is 1. The van der Waals surface area contributed by atoms with E-state index in [1.54, 1.807) is 33.8 Å². The largest absolute Gasteiger partial charge is 0.508 e. The Bertz CT molecular complexity index is 724.